The highest BCUT2D eigenvalue weighted by Crippen LogP contribution is 2.30. The van der Waals surface area contributed by atoms with Crippen LogP contribution in [-0.2, 0) is 0 Å². The predicted molar refractivity (Wildman–Crippen MR) is 75.4 cm³/mol. The van der Waals surface area contributed by atoms with E-state index in [4.69, 9.17) is 9.47 Å². The minimum absolute atomic E-state index is 0.0556. The maximum atomic E-state index is 12.1. The van der Waals surface area contributed by atoms with E-state index in [2.05, 4.69) is 10.6 Å². The number of nitrogens with one attached hydrogen (secondary N) is 2. The lowest BCUT2D eigenvalue weighted by atomic mass is 10.1. The molecule has 2 aliphatic heterocycles. The topological polar surface area (TPSA) is 59.6 Å². The Morgan fingerprint density at radius 2 is 2.15 bits per heavy atom. The Morgan fingerprint density at radius 1 is 1.30 bits per heavy atom. The van der Waals surface area contributed by atoms with Crippen molar-refractivity contribution in [1.82, 2.24) is 10.6 Å². The highest BCUT2D eigenvalue weighted by atomic mass is 16.6. The Labute approximate surface area is 118 Å². The van der Waals surface area contributed by atoms with Gasteiger partial charge >= 0.3 is 0 Å². The van der Waals surface area contributed by atoms with Gasteiger partial charge in [0, 0.05) is 18.2 Å². The fourth-order valence-corrected chi connectivity index (χ4v) is 2.65. The van der Waals surface area contributed by atoms with Gasteiger partial charge in [-0.2, -0.15) is 0 Å². The fraction of sp³-hybridized carbons (Fsp3) is 0.533. The summed E-state index contributed by atoms with van der Waals surface area (Å²) in [5.41, 5.74) is 0.619. The summed E-state index contributed by atoms with van der Waals surface area (Å²) in [6.07, 6.45) is 3.43. The van der Waals surface area contributed by atoms with Crippen molar-refractivity contribution in [3.8, 4) is 11.5 Å². The van der Waals surface area contributed by atoms with E-state index in [9.17, 15) is 4.79 Å². The van der Waals surface area contributed by atoms with Crippen molar-refractivity contribution in [2.24, 2.45) is 0 Å². The molecule has 0 aromatic heterocycles. The highest BCUT2D eigenvalue weighted by molar-refractivity contribution is 5.94. The van der Waals surface area contributed by atoms with Gasteiger partial charge in [-0.05, 0) is 44.0 Å². The van der Waals surface area contributed by atoms with Gasteiger partial charge in [0.05, 0.1) is 0 Å². The second-order valence-electron chi connectivity index (χ2n) is 5.20. The van der Waals surface area contributed by atoms with Gasteiger partial charge in [-0.1, -0.05) is 0 Å². The molecule has 2 N–H and O–H groups in total. The molecule has 3 rings (SSSR count). The van der Waals surface area contributed by atoms with Crippen LogP contribution < -0.4 is 20.1 Å². The van der Waals surface area contributed by atoms with E-state index in [1.54, 1.807) is 18.2 Å². The molecule has 5 nitrogen and oxygen atoms in total. The van der Waals surface area contributed by atoms with Gasteiger partial charge in [0.1, 0.15) is 13.2 Å². The number of rotatable bonds is 4. The minimum atomic E-state index is -0.0556. The first-order chi connectivity index (χ1) is 9.83. The van der Waals surface area contributed by atoms with Crippen LogP contribution in [0.25, 0.3) is 0 Å². The van der Waals surface area contributed by atoms with Gasteiger partial charge in [0.2, 0.25) is 0 Å². The van der Waals surface area contributed by atoms with E-state index in [0.717, 1.165) is 13.0 Å². The molecule has 2 aliphatic rings. The largest absolute Gasteiger partial charge is 0.486 e. The molecule has 1 amide bonds. The maximum Gasteiger partial charge on any atom is 0.251 e. The van der Waals surface area contributed by atoms with Gasteiger partial charge < -0.3 is 20.1 Å². The van der Waals surface area contributed by atoms with Crippen LogP contribution in [0.5, 0.6) is 11.5 Å². The second-order valence-corrected chi connectivity index (χ2v) is 5.20. The average Bonchev–Trinajstić information content (AvgIpc) is 3.00. The van der Waals surface area contributed by atoms with E-state index in [1.165, 1.54) is 12.8 Å². The molecule has 1 fully saturated rings. The van der Waals surface area contributed by atoms with Crippen LogP contribution in [0.2, 0.25) is 0 Å². The molecule has 0 unspecified atom stereocenters. The molecule has 5 heteroatoms. The van der Waals surface area contributed by atoms with Crippen LogP contribution in [0.15, 0.2) is 18.2 Å². The summed E-state index contributed by atoms with van der Waals surface area (Å²) < 4.78 is 10.9. The molecule has 0 bridgehead atoms. The van der Waals surface area contributed by atoms with Crippen molar-refractivity contribution < 1.29 is 14.3 Å². The number of carbonyl (C=O) groups excluding carboxylic acids is 1. The Balaban J connectivity index is 1.53. The first-order valence-electron chi connectivity index (χ1n) is 7.24. The van der Waals surface area contributed by atoms with Gasteiger partial charge in [0.15, 0.2) is 11.5 Å². The molecule has 108 valence electrons. The van der Waals surface area contributed by atoms with Crippen molar-refractivity contribution in [2.75, 3.05) is 26.3 Å². The third-order valence-corrected chi connectivity index (χ3v) is 3.75. The van der Waals surface area contributed by atoms with E-state index < -0.39 is 0 Å². The van der Waals surface area contributed by atoms with Gasteiger partial charge in [-0.3, -0.25) is 4.79 Å². The summed E-state index contributed by atoms with van der Waals surface area (Å²) in [5.74, 6) is 1.31. The van der Waals surface area contributed by atoms with Crippen LogP contribution in [0.4, 0.5) is 0 Å². The maximum absolute atomic E-state index is 12.1. The Kier molecular flexibility index (Phi) is 4.06. The van der Waals surface area contributed by atoms with Crippen molar-refractivity contribution in [2.45, 2.75) is 25.3 Å². The third kappa shape index (κ3) is 3.04. The number of hydrogen-bond donors (Lipinski definition) is 2. The van der Waals surface area contributed by atoms with Crippen molar-refractivity contribution in [3.05, 3.63) is 23.8 Å². The lowest BCUT2D eigenvalue weighted by Crippen LogP contribution is -2.30. The summed E-state index contributed by atoms with van der Waals surface area (Å²) in [5, 5.41) is 6.38. The highest BCUT2D eigenvalue weighted by Gasteiger charge is 2.16. The van der Waals surface area contributed by atoms with Crippen molar-refractivity contribution >= 4 is 5.91 Å². The van der Waals surface area contributed by atoms with E-state index in [1.807, 2.05) is 0 Å². The molecule has 0 saturated carbocycles. The third-order valence-electron chi connectivity index (χ3n) is 3.75. The standard InChI is InChI=1S/C15H20N2O3/c18-15(17-7-5-12-2-1-6-16-12)11-3-4-13-14(10-11)20-9-8-19-13/h3-4,10,12,16H,1-2,5-9H2,(H,17,18)/t12-/m1/s1. The molecule has 1 aromatic carbocycles. The van der Waals surface area contributed by atoms with Crippen molar-refractivity contribution in [3.63, 3.8) is 0 Å². The second kappa shape index (κ2) is 6.13. The Bertz CT molecular complexity index is 484. The molecule has 0 spiro atoms. The summed E-state index contributed by atoms with van der Waals surface area (Å²) >= 11 is 0. The van der Waals surface area contributed by atoms with Crippen LogP contribution in [0.3, 0.4) is 0 Å². The lowest BCUT2D eigenvalue weighted by Gasteiger charge is -2.18. The number of amides is 1. The van der Waals surface area contributed by atoms with Crippen LogP contribution in [0, 0.1) is 0 Å². The zero-order valence-electron chi connectivity index (χ0n) is 11.5. The zero-order chi connectivity index (χ0) is 13.8. The molecule has 1 saturated heterocycles. The molecule has 1 atom stereocenters. The summed E-state index contributed by atoms with van der Waals surface area (Å²) in [6.45, 7) is 2.89. The molecule has 0 radical (unpaired) electrons. The zero-order valence-corrected chi connectivity index (χ0v) is 11.5. The monoisotopic (exact) mass is 276 g/mol. The number of hydrogen-bond acceptors (Lipinski definition) is 4. The molecule has 0 aliphatic carbocycles. The number of carbonyl (C=O) groups is 1. The van der Waals surface area contributed by atoms with Crippen LogP contribution >= 0.6 is 0 Å². The SMILES string of the molecule is O=C(NCC[C@H]1CCCN1)c1ccc2c(c1)OCCO2. The van der Waals surface area contributed by atoms with E-state index in [0.29, 0.717) is 42.9 Å². The molecule has 1 aromatic rings. The normalized spacial score (nSPS) is 20.7. The Morgan fingerprint density at radius 3 is 2.95 bits per heavy atom. The molecular formula is C15H20N2O3. The lowest BCUT2D eigenvalue weighted by molar-refractivity contribution is 0.0951. The van der Waals surface area contributed by atoms with Crippen molar-refractivity contribution in [1.29, 1.82) is 0 Å². The number of benzene rings is 1. The molecular weight excluding hydrogens is 256 g/mol. The van der Waals surface area contributed by atoms with Gasteiger partial charge in [0.25, 0.3) is 5.91 Å². The van der Waals surface area contributed by atoms with Gasteiger partial charge in [-0.15, -0.1) is 0 Å². The quantitative estimate of drug-likeness (QED) is 0.871. The van der Waals surface area contributed by atoms with Crippen LogP contribution in [0.1, 0.15) is 29.6 Å². The van der Waals surface area contributed by atoms with Gasteiger partial charge in [-0.25, -0.2) is 0 Å². The summed E-state index contributed by atoms with van der Waals surface area (Å²) in [4.78, 5) is 12.1. The van der Waals surface area contributed by atoms with E-state index in [-0.39, 0.29) is 5.91 Å². The average molecular weight is 276 g/mol. The smallest absolute Gasteiger partial charge is 0.251 e. The minimum Gasteiger partial charge on any atom is -0.486 e. The Hall–Kier alpha value is -1.75. The number of ether oxygens (including phenoxy) is 2. The number of fused-ring (bicyclic) bond motifs is 1. The predicted octanol–water partition coefficient (Wildman–Crippen LogP) is 1.33. The first kappa shape index (κ1) is 13.2. The summed E-state index contributed by atoms with van der Waals surface area (Å²) in [7, 11) is 0. The first-order valence-corrected chi connectivity index (χ1v) is 7.24. The molecule has 2 heterocycles. The fourth-order valence-electron chi connectivity index (χ4n) is 2.65. The summed E-state index contributed by atoms with van der Waals surface area (Å²) in [6, 6.07) is 5.87. The van der Waals surface area contributed by atoms with E-state index >= 15 is 0 Å². The van der Waals surface area contributed by atoms with Crippen LogP contribution in [-0.4, -0.2) is 38.3 Å². The molecule has 20 heavy (non-hydrogen) atoms.